The molecule has 1 heterocycles. The Morgan fingerprint density at radius 2 is 1.90 bits per heavy atom. The first-order valence-electron chi connectivity index (χ1n) is 7.59. The van der Waals surface area contributed by atoms with Gasteiger partial charge in [0, 0.05) is 29.5 Å². The lowest BCUT2D eigenvalue weighted by Crippen LogP contribution is -2.32. The highest BCUT2D eigenvalue weighted by molar-refractivity contribution is 5.52. The van der Waals surface area contributed by atoms with Crippen LogP contribution >= 0.6 is 0 Å². The van der Waals surface area contributed by atoms with E-state index in [2.05, 4.69) is 40.8 Å². The maximum atomic E-state index is 5.77. The van der Waals surface area contributed by atoms with E-state index in [4.69, 9.17) is 5.73 Å². The smallest absolute Gasteiger partial charge is 0.135 e. The minimum atomic E-state index is 0.391. The van der Waals surface area contributed by atoms with Gasteiger partial charge in [-0.2, -0.15) is 0 Å². The summed E-state index contributed by atoms with van der Waals surface area (Å²) in [7, 11) is 0. The first-order chi connectivity index (χ1) is 10.1. The van der Waals surface area contributed by atoms with Gasteiger partial charge in [-0.15, -0.1) is 0 Å². The highest BCUT2D eigenvalue weighted by atomic mass is 15.2. The summed E-state index contributed by atoms with van der Waals surface area (Å²) in [6, 6.07) is 8.48. The fourth-order valence-electron chi connectivity index (χ4n) is 2.91. The van der Waals surface area contributed by atoms with Gasteiger partial charge in [-0.05, 0) is 50.8 Å². The molecular formula is C17H22N4. The van der Waals surface area contributed by atoms with Crippen molar-refractivity contribution in [1.82, 2.24) is 9.97 Å². The number of nitrogens with zero attached hydrogens (tertiary/aromatic N) is 3. The number of fused-ring (bicyclic) bond motifs is 1. The van der Waals surface area contributed by atoms with Crippen molar-refractivity contribution in [3.8, 4) is 0 Å². The van der Waals surface area contributed by atoms with Crippen molar-refractivity contribution in [1.29, 1.82) is 0 Å². The average Bonchev–Trinajstić information content (AvgIpc) is 2.95. The van der Waals surface area contributed by atoms with Crippen molar-refractivity contribution in [3.05, 3.63) is 47.4 Å². The molecule has 110 valence electrons. The molecule has 0 atom stereocenters. The Bertz CT molecular complexity index is 619. The molecule has 3 rings (SSSR count). The second-order valence-electron chi connectivity index (χ2n) is 5.94. The number of hydrogen-bond donors (Lipinski definition) is 1. The van der Waals surface area contributed by atoms with Crippen LogP contribution in [0, 0.1) is 0 Å². The SMILES string of the molecule is CC(C)N(Cc1ccc(N)cc1)c1ncnc2c1CCC2. The molecular weight excluding hydrogens is 260 g/mol. The van der Waals surface area contributed by atoms with E-state index in [0.29, 0.717) is 6.04 Å². The molecule has 0 amide bonds. The number of nitrogen functional groups attached to an aromatic ring is 1. The predicted molar refractivity (Wildman–Crippen MR) is 86.2 cm³/mol. The third kappa shape index (κ3) is 2.84. The van der Waals surface area contributed by atoms with Crippen LogP contribution in [0.5, 0.6) is 0 Å². The fourth-order valence-corrected chi connectivity index (χ4v) is 2.91. The molecule has 2 aromatic rings. The van der Waals surface area contributed by atoms with E-state index in [1.807, 2.05) is 12.1 Å². The molecule has 0 aliphatic heterocycles. The maximum Gasteiger partial charge on any atom is 0.135 e. The van der Waals surface area contributed by atoms with Crippen LogP contribution in [0.25, 0.3) is 0 Å². The van der Waals surface area contributed by atoms with E-state index in [9.17, 15) is 0 Å². The zero-order valence-electron chi connectivity index (χ0n) is 12.7. The van der Waals surface area contributed by atoms with E-state index in [1.54, 1.807) is 6.33 Å². The van der Waals surface area contributed by atoms with Gasteiger partial charge in [0.05, 0.1) is 0 Å². The van der Waals surface area contributed by atoms with Gasteiger partial charge in [0.1, 0.15) is 12.1 Å². The van der Waals surface area contributed by atoms with Crippen LogP contribution in [0.1, 0.15) is 37.1 Å². The zero-order valence-corrected chi connectivity index (χ0v) is 12.7. The van der Waals surface area contributed by atoms with Crippen molar-refractivity contribution < 1.29 is 0 Å². The first-order valence-corrected chi connectivity index (χ1v) is 7.59. The molecule has 21 heavy (non-hydrogen) atoms. The first kappa shape index (κ1) is 13.9. The van der Waals surface area contributed by atoms with E-state index < -0.39 is 0 Å². The Morgan fingerprint density at radius 3 is 2.62 bits per heavy atom. The van der Waals surface area contributed by atoms with E-state index in [-0.39, 0.29) is 0 Å². The summed E-state index contributed by atoms with van der Waals surface area (Å²) < 4.78 is 0. The summed E-state index contributed by atoms with van der Waals surface area (Å²) >= 11 is 0. The van der Waals surface area contributed by atoms with Gasteiger partial charge in [0.15, 0.2) is 0 Å². The molecule has 1 aliphatic rings. The molecule has 1 aromatic carbocycles. The normalized spacial score (nSPS) is 13.5. The molecule has 0 radical (unpaired) electrons. The zero-order chi connectivity index (χ0) is 14.8. The third-order valence-corrected chi connectivity index (χ3v) is 4.08. The van der Waals surface area contributed by atoms with Crippen LogP contribution in [-0.4, -0.2) is 16.0 Å². The molecule has 0 spiro atoms. The Labute approximate surface area is 126 Å². The van der Waals surface area contributed by atoms with Crippen molar-refractivity contribution in [2.75, 3.05) is 10.6 Å². The summed E-state index contributed by atoms with van der Waals surface area (Å²) in [5.74, 6) is 1.10. The number of aromatic nitrogens is 2. The van der Waals surface area contributed by atoms with Crippen molar-refractivity contribution in [2.45, 2.75) is 45.7 Å². The summed E-state index contributed by atoms with van der Waals surface area (Å²) in [6.07, 6.45) is 5.07. The van der Waals surface area contributed by atoms with Gasteiger partial charge < -0.3 is 10.6 Å². The van der Waals surface area contributed by atoms with Crippen molar-refractivity contribution >= 4 is 11.5 Å². The molecule has 1 aliphatic carbocycles. The maximum absolute atomic E-state index is 5.77. The van der Waals surface area contributed by atoms with Crippen LogP contribution in [0.3, 0.4) is 0 Å². The third-order valence-electron chi connectivity index (χ3n) is 4.08. The Kier molecular flexibility index (Phi) is 3.78. The number of nitrogens with two attached hydrogens (primary N) is 1. The lowest BCUT2D eigenvalue weighted by Gasteiger charge is -2.29. The molecule has 0 fully saturated rings. The van der Waals surface area contributed by atoms with Crippen LogP contribution in [-0.2, 0) is 19.4 Å². The van der Waals surface area contributed by atoms with Crippen LogP contribution in [0.4, 0.5) is 11.5 Å². The summed E-state index contributed by atoms with van der Waals surface area (Å²) in [5, 5.41) is 0. The lowest BCUT2D eigenvalue weighted by molar-refractivity contribution is 0.667. The topological polar surface area (TPSA) is 55.0 Å². The molecule has 4 nitrogen and oxygen atoms in total. The summed E-state index contributed by atoms with van der Waals surface area (Å²) in [5.41, 5.74) is 10.4. The summed E-state index contributed by atoms with van der Waals surface area (Å²) in [4.78, 5) is 11.4. The van der Waals surface area contributed by atoms with Crippen molar-refractivity contribution in [3.63, 3.8) is 0 Å². The van der Waals surface area contributed by atoms with Gasteiger partial charge >= 0.3 is 0 Å². The molecule has 4 heteroatoms. The van der Waals surface area contributed by atoms with E-state index in [0.717, 1.165) is 30.9 Å². The predicted octanol–water partition coefficient (Wildman–Crippen LogP) is 2.96. The lowest BCUT2D eigenvalue weighted by atomic mass is 10.1. The second kappa shape index (κ2) is 5.72. The number of aryl methyl sites for hydroxylation is 1. The van der Waals surface area contributed by atoms with E-state index in [1.165, 1.54) is 23.2 Å². The highest BCUT2D eigenvalue weighted by Crippen LogP contribution is 2.30. The van der Waals surface area contributed by atoms with E-state index >= 15 is 0 Å². The second-order valence-corrected chi connectivity index (χ2v) is 5.94. The largest absolute Gasteiger partial charge is 0.399 e. The number of anilines is 2. The molecule has 0 bridgehead atoms. The van der Waals surface area contributed by atoms with Gasteiger partial charge in [0.2, 0.25) is 0 Å². The van der Waals surface area contributed by atoms with Gasteiger partial charge in [-0.1, -0.05) is 12.1 Å². The average molecular weight is 282 g/mol. The number of hydrogen-bond acceptors (Lipinski definition) is 4. The molecule has 2 N–H and O–H groups in total. The Hall–Kier alpha value is -2.10. The molecule has 1 aromatic heterocycles. The molecule has 0 unspecified atom stereocenters. The van der Waals surface area contributed by atoms with Crippen LogP contribution in [0.15, 0.2) is 30.6 Å². The Morgan fingerprint density at radius 1 is 1.14 bits per heavy atom. The summed E-state index contributed by atoms with van der Waals surface area (Å²) in [6.45, 7) is 5.27. The highest BCUT2D eigenvalue weighted by Gasteiger charge is 2.22. The minimum Gasteiger partial charge on any atom is -0.399 e. The van der Waals surface area contributed by atoms with Gasteiger partial charge in [0.25, 0.3) is 0 Å². The minimum absolute atomic E-state index is 0.391. The number of rotatable bonds is 4. The fraction of sp³-hybridized carbons (Fsp3) is 0.412. The van der Waals surface area contributed by atoms with Crippen LogP contribution < -0.4 is 10.6 Å². The van der Waals surface area contributed by atoms with Crippen molar-refractivity contribution in [2.24, 2.45) is 0 Å². The quantitative estimate of drug-likeness (QED) is 0.876. The molecule has 0 saturated heterocycles. The van der Waals surface area contributed by atoms with Crippen LogP contribution in [0.2, 0.25) is 0 Å². The molecule has 0 saturated carbocycles. The monoisotopic (exact) mass is 282 g/mol. The van der Waals surface area contributed by atoms with Gasteiger partial charge in [-0.3, -0.25) is 0 Å². The van der Waals surface area contributed by atoms with Gasteiger partial charge in [-0.25, -0.2) is 9.97 Å². The Balaban J connectivity index is 1.92. The standard InChI is InChI=1S/C17H22N4/c1-12(2)21(10-13-6-8-14(18)9-7-13)17-15-4-3-5-16(15)19-11-20-17/h6-9,11-12H,3-5,10,18H2,1-2H3. The number of benzene rings is 1.